The van der Waals surface area contributed by atoms with Crippen LogP contribution in [-0.2, 0) is 30.4 Å². The summed E-state index contributed by atoms with van der Waals surface area (Å²) in [5.41, 5.74) is 0. The smallest absolute Gasteiger partial charge is 0.294 e. The summed E-state index contributed by atoms with van der Waals surface area (Å²) in [6.07, 6.45) is 0. The molecule has 0 aliphatic rings. The van der Waals surface area contributed by atoms with Gasteiger partial charge in [0.1, 0.15) is 0 Å². The average Bonchev–Trinajstić information content (AvgIpc) is 2.67. The first-order chi connectivity index (χ1) is 14.3. The number of benzene rings is 3. The highest BCUT2D eigenvalue weighted by atomic mass is 32.2. The molecular formula is C18H23O13PS3. The molecule has 3 rings (SSSR count). The molecule has 3 aromatic rings. The summed E-state index contributed by atoms with van der Waals surface area (Å²) in [6.45, 7) is 0. The van der Waals surface area contributed by atoms with Crippen molar-refractivity contribution in [2.24, 2.45) is 0 Å². The quantitative estimate of drug-likeness (QED) is 0.214. The van der Waals surface area contributed by atoms with Crippen LogP contribution < -0.4 is 15.9 Å². The molecule has 0 saturated carbocycles. The molecule has 0 amide bonds. The van der Waals surface area contributed by atoms with Gasteiger partial charge in [-0.25, -0.2) is 0 Å². The second kappa shape index (κ2) is 12.6. The van der Waals surface area contributed by atoms with Crippen LogP contribution >= 0.6 is 7.92 Å². The Morgan fingerprint density at radius 2 is 0.686 bits per heavy atom. The van der Waals surface area contributed by atoms with E-state index < -0.39 is 53.0 Å². The first-order valence-electron chi connectivity index (χ1n) is 8.30. The van der Waals surface area contributed by atoms with Gasteiger partial charge in [0, 0.05) is 0 Å². The van der Waals surface area contributed by atoms with Crippen LogP contribution in [0.3, 0.4) is 0 Å². The van der Waals surface area contributed by atoms with Gasteiger partial charge < -0.3 is 21.9 Å². The van der Waals surface area contributed by atoms with E-state index in [1.165, 1.54) is 54.6 Å². The Bertz CT molecular complexity index is 1290. The third-order valence-electron chi connectivity index (χ3n) is 4.12. The van der Waals surface area contributed by atoms with Crippen LogP contribution in [0, 0.1) is 0 Å². The molecule has 11 N–H and O–H groups in total. The topological polar surface area (TPSA) is 289 Å². The van der Waals surface area contributed by atoms with Crippen molar-refractivity contribution in [1.82, 2.24) is 0 Å². The van der Waals surface area contributed by atoms with Gasteiger partial charge >= 0.3 is 0 Å². The van der Waals surface area contributed by atoms with Gasteiger partial charge in [-0.05, 0) is 60.2 Å². The van der Waals surface area contributed by atoms with Crippen LogP contribution in [0.2, 0.25) is 0 Å². The van der Waals surface area contributed by atoms with Gasteiger partial charge in [0.05, 0.1) is 14.7 Å². The summed E-state index contributed by atoms with van der Waals surface area (Å²) in [5, 5.41) is 1.01. The average molecular weight is 575 g/mol. The minimum absolute atomic E-state index is 0. The summed E-state index contributed by atoms with van der Waals surface area (Å²) in [5.74, 6) is 0. The molecule has 0 spiro atoms. The Labute approximate surface area is 202 Å². The Kier molecular flexibility index (Phi) is 12.5. The number of hydrogen-bond donors (Lipinski definition) is 3. The third kappa shape index (κ3) is 8.38. The van der Waals surface area contributed by atoms with Gasteiger partial charge in [-0.15, -0.1) is 0 Å². The minimum Gasteiger partial charge on any atom is -0.412 e. The van der Waals surface area contributed by atoms with E-state index in [1.54, 1.807) is 0 Å². The molecule has 0 bridgehead atoms. The summed E-state index contributed by atoms with van der Waals surface area (Å²) in [7, 11) is -15.4. The molecule has 0 aliphatic heterocycles. The maximum absolute atomic E-state index is 11.6. The zero-order valence-corrected chi connectivity index (χ0v) is 20.7. The lowest BCUT2D eigenvalue weighted by molar-refractivity contribution is 0.481. The molecule has 0 aliphatic carbocycles. The van der Waals surface area contributed by atoms with E-state index in [4.69, 9.17) is 0 Å². The lowest BCUT2D eigenvalue weighted by atomic mass is 10.3. The monoisotopic (exact) mass is 574 g/mol. The molecule has 0 radical (unpaired) electrons. The predicted octanol–water partition coefficient (Wildman–Crippen LogP) is -2.11. The van der Waals surface area contributed by atoms with Crippen LogP contribution in [0.15, 0.2) is 87.5 Å². The van der Waals surface area contributed by atoms with Gasteiger partial charge in [0.25, 0.3) is 30.4 Å². The van der Waals surface area contributed by atoms with E-state index in [0.717, 1.165) is 18.2 Å². The first-order valence-corrected chi connectivity index (χ1v) is 14.0. The summed E-state index contributed by atoms with van der Waals surface area (Å²) >= 11 is 0. The SMILES string of the molecule is O.O.O.O.O=S(=O)(O)c1cccc(P(c2cccc(S(=O)(=O)O)c2)c2cccc(S(=O)(=O)O)c2)c1. The molecule has 0 fully saturated rings. The van der Waals surface area contributed by atoms with Crippen molar-refractivity contribution in [2.75, 3.05) is 0 Å². The van der Waals surface area contributed by atoms with Gasteiger partial charge in [0.15, 0.2) is 0 Å². The second-order valence-corrected chi connectivity index (χ2v) is 12.7. The largest absolute Gasteiger partial charge is 0.412 e. The van der Waals surface area contributed by atoms with Crippen LogP contribution in [-0.4, -0.2) is 60.8 Å². The highest BCUT2D eigenvalue weighted by Gasteiger charge is 2.23. The van der Waals surface area contributed by atoms with E-state index in [1.807, 2.05) is 0 Å². The molecule has 0 saturated heterocycles. The fraction of sp³-hybridized carbons (Fsp3) is 0. The van der Waals surface area contributed by atoms with Crippen molar-refractivity contribution >= 4 is 54.2 Å². The van der Waals surface area contributed by atoms with E-state index in [-0.39, 0.29) is 21.9 Å². The van der Waals surface area contributed by atoms with Crippen LogP contribution in [0.25, 0.3) is 0 Å². The van der Waals surface area contributed by atoms with Crippen LogP contribution in [0.1, 0.15) is 0 Å². The maximum atomic E-state index is 11.6. The van der Waals surface area contributed by atoms with E-state index in [0.29, 0.717) is 15.9 Å². The third-order valence-corrected chi connectivity index (χ3v) is 9.05. The van der Waals surface area contributed by atoms with E-state index in [9.17, 15) is 38.9 Å². The standard InChI is InChI=1S/C18H15O9PS3.4H2O/c19-29(20,21)16-7-1-4-13(10-16)28(14-5-2-8-17(11-14)30(22,23)24)15-6-3-9-18(12-15)31(25,26)27;;;;/h1-12H,(H,19,20,21)(H,22,23,24)(H,25,26,27);4*1H2. The van der Waals surface area contributed by atoms with Crippen molar-refractivity contribution in [3.05, 3.63) is 72.8 Å². The molecule has 0 heterocycles. The van der Waals surface area contributed by atoms with Gasteiger partial charge in [-0.2, -0.15) is 25.3 Å². The van der Waals surface area contributed by atoms with Crippen LogP contribution in [0.5, 0.6) is 0 Å². The first kappa shape index (κ1) is 34.8. The van der Waals surface area contributed by atoms with Crippen molar-refractivity contribution in [3.8, 4) is 0 Å². The Morgan fingerprint density at radius 1 is 0.457 bits per heavy atom. The summed E-state index contributed by atoms with van der Waals surface area (Å²) in [6, 6.07) is 15.7. The van der Waals surface area contributed by atoms with Gasteiger partial charge in [-0.3, -0.25) is 13.7 Å². The molecular weight excluding hydrogens is 551 g/mol. The molecule has 0 unspecified atom stereocenters. The zero-order chi connectivity index (χ0) is 23.0. The molecule has 35 heavy (non-hydrogen) atoms. The molecule has 17 heteroatoms. The molecule has 196 valence electrons. The van der Waals surface area contributed by atoms with Gasteiger partial charge in [0.2, 0.25) is 0 Å². The fourth-order valence-corrected chi connectivity index (χ4v) is 7.04. The van der Waals surface area contributed by atoms with Crippen molar-refractivity contribution in [1.29, 1.82) is 0 Å². The fourth-order valence-electron chi connectivity index (χ4n) is 2.80. The Morgan fingerprint density at radius 3 is 0.886 bits per heavy atom. The highest BCUT2D eigenvalue weighted by Crippen LogP contribution is 2.34. The summed E-state index contributed by atoms with van der Waals surface area (Å²) < 4.78 is 97.7. The van der Waals surface area contributed by atoms with E-state index >= 15 is 0 Å². The highest BCUT2D eigenvalue weighted by molar-refractivity contribution is 7.86. The normalized spacial score (nSPS) is 11.3. The Hall–Kier alpha value is -2.34. The van der Waals surface area contributed by atoms with Crippen molar-refractivity contribution in [2.45, 2.75) is 14.7 Å². The maximum Gasteiger partial charge on any atom is 0.294 e. The second-order valence-electron chi connectivity index (χ2n) is 6.25. The molecule has 13 nitrogen and oxygen atoms in total. The lowest BCUT2D eigenvalue weighted by Crippen LogP contribution is -2.22. The molecule has 0 atom stereocenters. The molecule has 3 aromatic carbocycles. The number of rotatable bonds is 6. The van der Waals surface area contributed by atoms with Gasteiger partial charge in [-0.1, -0.05) is 36.4 Å². The zero-order valence-electron chi connectivity index (χ0n) is 17.4. The van der Waals surface area contributed by atoms with E-state index in [2.05, 4.69) is 0 Å². The number of hydrogen-bond acceptors (Lipinski definition) is 6. The molecule has 0 aromatic heterocycles. The lowest BCUT2D eigenvalue weighted by Gasteiger charge is -2.20. The predicted molar refractivity (Wildman–Crippen MR) is 129 cm³/mol. The minimum atomic E-state index is -4.55. The van der Waals surface area contributed by atoms with Crippen molar-refractivity contribution in [3.63, 3.8) is 0 Å². The van der Waals surface area contributed by atoms with Crippen molar-refractivity contribution < 1.29 is 60.8 Å². The summed E-state index contributed by atoms with van der Waals surface area (Å²) in [4.78, 5) is -1.22. The van der Waals surface area contributed by atoms with Crippen LogP contribution in [0.4, 0.5) is 0 Å². The Balaban J connectivity index is 0.